The summed E-state index contributed by atoms with van der Waals surface area (Å²) in [6.45, 7) is 7.76. The number of benzene rings is 1. The summed E-state index contributed by atoms with van der Waals surface area (Å²) in [5, 5.41) is 10.5. The van der Waals surface area contributed by atoms with Crippen molar-refractivity contribution < 1.29 is 5.11 Å². The maximum atomic E-state index is 9.31. The Kier molecular flexibility index (Phi) is 5.49. The van der Waals surface area contributed by atoms with Crippen molar-refractivity contribution in [3.05, 3.63) is 90.6 Å². The molecule has 1 aromatic carbocycles. The first-order chi connectivity index (χ1) is 14.2. The number of nitrogens with zero attached hydrogens (tertiary/aromatic N) is 4. The van der Waals surface area contributed by atoms with Crippen LogP contribution in [0.3, 0.4) is 0 Å². The van der Waals surface area contributed by atoms with Crippen molar-refractivity contribution in [3.63, 3.8) is 0 Å². The van der Waals surface area contributed by atoms with E-state index in [1.54, 1.807) is 12.4 Å². The summed E-state index contributed by atoms with van der Waals surface area (Å²) in [5.74, 6) is 1.28. The molecule has 3 aromatic rings. The van der Waals surface area contributed by atoms with Crippen LogP contribution in [0.25, 0.3) is 16.5 Å². The zero-order valence-electron chi connectivity index (χ0n) is 16.5. The third-order valence-electron chi connectivity index (χ3n) is 5.26. The van der Waals surface area contributed by atoms with Gasteiger partial charge in [0.05, 0.1) is 23.5 Å². The highest BCUT2D eigenvalue weighted by molar-refractivity contribution is 5.80. The van der Waals surface area contributed by atoms with Crippen molar-refractivity contribution >= 4 is 22.3 Å². The Hall–Kier alpha value is -3.31. The molecule has 2 aromatic heterocycles. The number of anilines is 1. The van der Waals surface area contributed by atoms with Crippen molar-refractivity contribution in [2.24, 2.45) is 0 Å². The molecule has 0 atom stereocenters. The predicted octanol–water partition coefficient (Wildman–Crippen LogP) is 4.14. The van der Waals surface area contributed by atoms with Crippen LogP contribution in [-0.2, 0) is 0 Å². The van der Waals surface area contributed by atoms with Crippen LogP contribution in [0.4, 0.5) is 5.82 Å². The summed E-state index contributed by atoms with van der Waals surface area (Å²) in [6, 6.07) is 12.3. The van der Waals surface area contributed by atoms with Gasteiger partial charge in [0.1, 0.15) is 5.82 Å². The molecule has 1 fully saturated rings. The number of aliphatic hydroxyl groups excluding tert-OH is 1. The fraction of sp³-hybridized carbons (Fsp3) is 0.208. The standard InChI is InChI=1S/C24H24N4O/c1-3-18(16-29)9-8-17(2)23-24(26-13-12-25-23)20-14-28(15-20)22-11-10-19-6-4-5-7-21(19)27-22/h3-13,20,29H,2,14-16H2,1H3/b9-8-,18-3+. The minimum Gasteiger partial charge on any atom is -0.392 e. The lowest BCUT2D eigenvalue weighted by Crippen LogP contribution is -2.46. The van der Waals surface area contributed by atoms with Gasteiger partial charge in [-0.2, -0.15) is 0 Å². The molecule has 1 aliphatic rings. The smallest absolute Gasteiger partial charge is 0.129 e. The molecule has 0 spiro atoms. The lowest BCUT2D eigenvalue weighted by atomic mass is 9.92. The molecule has 0 saturated carbocycles. The second-order valence-electron chi connectivity index (χ2n) is 7.13. The molecule has 29 heavy (non-hydrogen) atoms. The molecule has 0 amide bonds. The number of aliphatic hydroxyl groups is 1. The zero-order valence-corrected chi connectivity index (χ0v) is 16.5. The van der Waals surface area contributed by atoms with Crippen LogP contribution in [-0.4, -0.2) is 39.8 Å². The van der Waals surface area contributed by atoms with Crippen LogP contribution in [0.5, 0.6) is 0 Å². The van der Waals surface area contributed by atoms with Gasteiger partial charge in [0.25, 0.3) is 0 Å². The number of hydrogen-bond acceptors (Lipinski definition) is 5. The number of para-hydroxylation sites is 1. The molecular weight excluding hydrogens is 360 g/mol. The number of pyridine rings is 1. The number of fused-ring (bicyclic) bond motifs is 1. The lowest BCUT2D eigenvalue weighted by molar-refractivity contribution is 0.335. The molecule has 0 bridgehead atoms. The Morgan fingerprint density at radius 3 is 2.72 bits per heavy atom. The molecule has 1 aliphatic heterocycles. The molecule has 0 aliphatic carbocycles. The lowest BCUT2D eigenvalue weighted by Gasteiger charge is -2.40. The van der Waals surface area contributed by atoms with E-state index < -0.39 is 0 Å². The van der Waals surface area contributed by atoms with E-state index in [0.29, 0.717) is 0 Å². The van der Waals surface area contributed by atoms with Crippen LogP contribution in [0.15, 0.2) is 79.2 Å². The molecule has 0 radical (unpaired) electrons. The van der Waals surface area contributed by atoms with Gasteiger partial charge >= 0.3 is 0 Å². The van der Waals surface area contributed by atoms with Crippen molar-refractivity contribution in [1.82, 2.24) is 15.0 Å². The van der Waals surface area contributed by atoms with Crippen molar-refractivity contribution in [3.8, 4) is 0 Å². The van der Waals surface area contributed by atoms with E-state index in [9.17, 15) is 5.11 Å². The van der Waals surface area contributed by atoms with E-state index in [2.05, 4.69) is 39.6 Å². The molecule has 1 N–H and O–H groups in total. The first kappa shape index (κ1) is 19.0. The second-order valence-corrected chi connectivity index (χ2v) is 7.13. The fourth-order valence-corrected chi connectivity index (χ4v) is 3.49. The van der Waals surface area contributed by atoms with Crippen LogP contribution < -0.4 is 4.90 Å². The van der Waals surface area contributed by atoms with E-state index in [-0.39, 0.29) is 12.5 Å². The van der Waals surface area contributed by atoms with Crippen LogP contribution in [0, 0.1) is 0 Å². The number of allylic oxidation sites excluding steroid dienone is 3. The first-order valence-electron chi connectivity index (χ1n) is 9.74. The summed E-state index contributed by atoms with van der Waals surface area (Å²) in [5.41, 5.74) is 4.42. The van der Waals surface area contributed by atoms with Gasteiger partial charge in [-0.1, -0.05) is 43.0 Å². The summed E-state index contributed by atoms with van der Waals surface area (Å²) < 4.78 is 0. The highest BCUT2D eigenvalue weighted by atomic mass is 16.3. The molecule has 1 saturated heterocycles. The average Bonchev–Trinajstić information content (AvgIpc) is 2.73. The van der Waals surface area contributed by atoms with E-state index in [4.69, 9.17) is 4.98 Å². The number of hydrogen-bond donors (Lipinski definition) is 1. The van der Waals surface area contributed by atoms with Crippen molar-refractivity contribution in [2.75, 3.05) is 24.6 Å². The Labute approximate surface area is 170 Å². The van der Waals surface area contributed by atoms with E-state index in [1.807, 2.05) is 43.4 Å². The summed E-state index contributed by atoms with van der Waals surface area (Å²) in [6.07, 6.45) is 9.06. The van der Waals surface area contributed by atoms with Crippen LogP contribution in [0.1, 0.15) is 24.2 Å². The van der Waals surface area contributed by atoms with Crippen LogP contribution >= 0.6 is 0 Å². The average molecular weight is 384 g/mol. The summed E-state index contributed by atoms with van der Waals surface area (Å²) in [7, 11) is 0. The van der Waals surface area contributed by atoms with E-state index in [1.165, 1.54) is 0 Å². The predicted molar refractivity (Wildman–Crippen MR) is 118 cm³/mol. The van der Waals surface area contributed by atoms with Gasteiger partial charge in [-0.3, -0.25) is 9.97 Å². The second kappa shape index (κ2) is 8.37. The Bertz CT molecular complexity index is 1100. The normalized spacial score (nSPS) is 15.1. The minimum absolute atomic E-state index is 0.00392. The highest BCUT2D eigenvalue weighted by Crippen LogP contribution is 2.33. The topological polar surface area (TPSA) is 62.1 Å². The third-order valence-corrected chi connectivity index (χ3v) is 5.26. The van der Waals surface area contributed by atoms with E-state index in [0.717, 1.165) is 52.3 Å². The number of aromatic nitrogens is 3. The molecule has 5 nitrogen and oxygen atoms in total. The largest absolute Gasteiger partial charge is 0.392 e. The Morgan fingerprint density at radius 1 is 1.14 bits per heavy atom. The Morgan fingerprint density at radius 2 is 1.93 bits per heavy atom. The van der Waals surface area contributed by atoms with Gasteiger partial charge in [-0.25, -0.2) is 4.98 Å². The van der Waals surface area contributed by atoms with Gasteiger partial charge in [-0.15, -0.1) is 0 Å². The molecule has 5 heteroatoms. The summed E-state index contributed by atoms with van der Waals surface area (Å²) in [4.78, 5) is 16.2. The van der Waals surface area contributed by atoms with Gasteiger partial charge in [-0.05, 0) is 36.3 Å². The van der Waals surface area contributed by atoms with Gasteiger partial charge in [0.15, 0.2) is 0 Å². The third kappa shape index (κ3) is 3.96. The number of rotatable bonds is 6. The maximum absolute atomic E-state index is 9.31. The fourth-order valence-electron chi connectivity index (χ4n) is 3.49. The maximum Gasteiger partial charge on any atom is 0.129 e. The summed E-state index contributed by atoms with van der Waals surface area (Å²) >= 11 is 0. The first-order valence-corrected chi connectivity index (χ1v) is 9.74. The van der Waals surface area contributed by atoms with Gasteiger partial charge in [0.2, 0.25) is 0 Å². The molecule has 0 unspecified atom stereocenters. The van der Waals surface area contributed by atoms with Crippen LogP contribution in [0.2, 0.25) is 0 Å². The highest BCUT2D eigenvalue weighted by Gasteiger charge is 2.32. The van der Waals surface area contributed by atoms with E-state index >= 15 is 0 Å². The van der Waals surface area contributed by atoms with Crippen molar-refractivity contribution in [1.29, 1.82) is 0 Å². The SMILES string of the molecule is C=C(/C=C\C(=C/C)CO)c1nccnc1C1CN(c2ccc3ccccc3n2)C1. The molecule has 4 rings (SSSR count). The quantitative estimate of drug-likeness (QED) is 0.647. The zero-order chi connectivity index (χ0) is 20.2. The Balaban J connectivity index is 1.50. The molecular formula is C24H24N4O. The van der Waals surface area contributed by atoms with Gasteiger partial charge < -0.3 is 10.0 Å². The van der Waals surface area contributed by atoms with Crippen molar-refractivity contribution in [2.45, 2.75) is 12.8 Å². The van der Waals surface area contributed by atoms with Gasteiger partial charge in [0, 0.05) is 36.8 Å². The molecule has 3 heterocycles. The minimum atomic E-state index is 0.00392. The molecule has 146 valence electrons. The monoisotopic (exact) mass is 384 g/mol.